The van der Waals surface area contributed by atoms with Crippen molar-refractivity contribution in [3.05, 3.63) is 36.4 Å². The first-order chi connectivity index (χ1) is 5.20. The molecule has 1 rings (SSSR count). The minimum atomic E-state index is 0.783. The summed E-state index contributed by atoms with van der Waals surface area (Å²) in [6.07, 6.45) is 1.88. The Morgan fingerprint density at radius 1 is 1.27 bits per heavy atom. The molecule has 2 nitrogen and oxygen atoms in total. The van der Waals surface area contributed by atoms with Crippen molar-refractivity contribution in [3.63, 3.8) is 0 Å². The number of hydrogen-bond donors (Lipinski definition) is 2. The first-order valence-electron chi connectivity index (χ1n) is 3.78. The molecule has 0 fully saturated rings. The Balaban J connectivity index is 0.000000461. The van der Waals surface area contributed by atoms with Crippen molar-refractivity contribution in [1.82, 2.24) is 10.6 Å². The van der Waals surface area contributed by atoms with Crippen LogP contribution >= 0.6 is 0 Å². The summed E-state index contributed by atoms with van der Waals surface area (Å²) in [6, 6.07) is 0. The summed E-state index contributed by atoms with van der Waals surface area (Å²) in [7, 11) is 0. The molecule has 0 aromatic heterocycles. The average molecular weight is 152 g/mol. The number of nitrogens with one attached hydrogen (secondary N) is 2. The van der Waals surface area contributed by atoms with Crippen molar-refractivity contribution in [2.75, 3.05) is 0 Å². The highest BCUT2D eigenvalue weighted by molar-refractivity contribution is 5.31. The molecular weight excluding hydrogens is 136 g/mol. The Morgan fingerprint density at radius 3 is 2.18 bits per heavy atom. The van der Waals surface area contributed by atoms with Crippen LogP contribution in [0.15, 0.2) is 36.4 Å². The van der Waals surface area contributed by atoms with Crippen molar-refractivity contribution >= 4 is 0 Å². The van der Waals surface area contributed by atoms with Crippen molar-refractivity contribution in [2.24, 2.45) is 0 Å². The van der Waals surface area contributed by atoms with Crippen molar-refractivity contribution < 1.29 is 0 Å². The van der Waals surface area contributed by atoms with Gasteiger partial charge >= 0.3 is 0 Å². The zero-order valence-electron chi connectivity index (χ0n) is 7.49. The van der Waals surface area contributed by atoms with E-state index in [0.717, 1.165) is 17.1 Å². The molecule has 0 atom stereocenters. The average Bonchev–Trinajstić information content (AvgIpc) is 2.02. The SMILES string of the molecule is C=C1NC=C(C)C(=C)N1.CC. The lowest BCUT2D eigenvalue weighted by atomic mass is 10.2. The maximum absolute atomic E-state index is 3.77. The highest BCUT2D eigenvalue weighted by Crippen LogP contribution is 2.06. The maximum atomic E-state index is 3.77. The van der Waals surface area contributed by atoms with Crippen LogP contribution in [-0.4, -0.2) is 0 Å². The van der Waals surface area contributed by atoms with E-state index in [4.69, 9.17) is 0 Å². The van der Waals surface area contributed by atoms with E-state index < -0.39 is 0 Å². The van der Waals surface area contributed by atoms with E-state index in [0.29, 0.717) is 0 Å². The number of hydrogen-bond acceptors (Lipinski definition) is 2. The fourth-order valence-electron chi connectivity index (χ4n) is 0.599. The Morgan fingerprint density at radius 2 is 1.82 bits per heavy atom. The zero-order valence-corrected chi connectivity index (χ0v) is 7.49. The van der Waals surface area contributed by atoms with Crippen LogP contribution < -0.4 is 10.6 Å². The maximum Gasteiger partial charge on any atom is 0.0997 e. The fraction of sp³-hybridized carbons (Fsp3) is 0.333. The van der Waals surface area contributed by atoms with E-state index in [1.54, 1.807) is 0 Å². The predicted octanol–water partition coefficient (Wildman–Crippen LogP) is 2.09. The molecule has 2 heteroatoms. The second-order valence-corrected chi connectivity index (χ2v) is 2.05. The van der Waals surface area contributed by atoms with Crippen LogP contribution in [0.2, 0.25) is 0 Å². The van der Waals surface area contributed by atoms with E-state index in [-0.39, 0.29) is 0 Å². The van der Waals surface area contributed by atoms with Crippen LogP contribution in [-0.2, 0) is 0 Å². The molecule has 62 valence electrons. The third-order valence-corrected chi connectivity index (χ3v) is 1.24. The topological polar surface area (TPSA) is 24.1 Å². The second kappa shape index (κ2) is 4.61. The van der Waals surface area contributed by atoms with E-state index >= 15 is 0 Å². The smallest absolute Gasteiger partial charge is 0.0997 e. The molecule has 0 aliphatic carbocycles. The van der Waals surface area contributed by atoms with Crippen LogP contribution in [0, 0.1) is 0 Å². The van der Waals surface area contributed by atoms with E-state index in [2.05, 4.69) is 23.8 Å². The monoisotopic (exact) mass is 152 g/mol. The summed E-state index contributed by atoms with van der Waals surface area (Å²) < 4.78 is 0. The number of allylic oxidation sites excluding steroid dienone is 1. The molecule has 0 radical (unpaired) electrons. The van der Waals surface area contributed by atoms with E-state index in [1.165, 1.54) is 0 Å². The van der Waals surface area contributed by atoms with E-state index in [9.17, 15) is 0 Å². The summed E-state index contributed by atoms with van der Waals surface area (Å²) in [5.74, 6) is 0.783. The van der Waals surface area contributed by atoms with Gasteiger partial charge < -0.3 is 10.6 Å². The third-order valence-electron chi connectivity index (χ3n) is 1.24. The lowest BCUT2D eigenvalue weighted by Gasteiger charge is -2.17. The van der Waals surface area contributed by atoms with Gasteiger partial charge in [0.05, 0.1) is 5.82 Å². The van der Waals surface area contributed by atoms with Gasteiger partial charge in [-0.15, -0.1) is 0 Å². The number of rotatable bonds is 0. The van der Waals surface area contributed by atoms with Gasteiger partial charge in [0.1, 0.15) is 0 Å². The van der Waals surface area contributed by atoms with Gasteiger partial charge in [0.2, 0.25) is 0 Å². The Bertz CT molecular complexity index is 190. The normalized spacial score (nSPS) is 15.4. The predicted molar refractivity (Wildman–Crippen MR) is 49.7 cm³/mol. The molecular formula is C9H16N2. The molecule has 0 aromatic carbocycles. The minimum Gasteiger partial charge on any atom is -0.348 e. The Kier molecular flexibility index (Phi) is 4.11. The van der Waals surface area contributed by atoms with Gasteiger partial charge in [0.25, 0.3) is 0 Å². The molecule has 2 N–H and O–H groups in total. The van der Waals surface area contributed by atoms with Crippen LogP contribution in [0.3, 0.4) is 0 Å². The molecule has 0 aromatic rings. The lowest BCUT2D eigenvalue weighted by Crippen LogP contribution is -2.26. The molecule has 0 saturated heterocycles. The standard InChI is InChI=1S/C7H10N2.C2H6/c1-5-4-8-7(3)9-6(5)2;1-2/h4,8-9H,2-3H2,1H3;1-2H3. The molecule has 1 heterocycles. The highest BCUT2D eigenvalue weighted by Gasteiger charge is 2.02. The minimum absolute atomic E-state index is 0.783. The molecule has 1 aliphatic rings. The molecule has 0 bridgehead atoms. The lowest BCUT2D eigenvalue weighted by molar-refractivity contribution is 0.835. The summed E-state index contributed by atoms with van der Waals surface area (Å²) in [5, 5.41) is 5.89. The third kappa shape index (κ3) is 2.94. The molecule has 1 aliphatic heterocycles. The quantitative estimate of drug-likeness (QED) is 0.555. The summed E-state index contributed by atoms with van der Waals surface area (Å²) in [5.41, 5.74) is 2.03. The fourth-order valence-corrected chi connectivity index (χ4v) is 0.599. The van der Waals surface area contributed by atoms with Gasteiger partial charge in [0, 0.05) is 11.9 Å². The summed E-state index contributed by atoms with van der Waals surface area (Å²) in [4.78, 5) is 0. The molecule has 0 spiro atoms. The van der Waals surface area contributed by atoms with Crippen molar-refractivity contribution in [1.29, 1.82) is 0 Å². The van der Waals surface area contributed by atoms with Crippen molar-refractivity contribution in [2.45, 2.75) is 20.8 Å². The largest absolute Gasteiger partial charge is 0.348 e. The van der Waals surface area contributed by atoms with Gasteiger partial charge in [-0.05, 0) is 12.5 Å². The second-order valence-electron chi connectivity index (χ2n) is 2.05. The van der Waals surface area contributed by atoms with Crippen LogP contribution in [0.5, 0.6) is 0 Å². The Hall–Kier alpha value is -1.18. The first-order valence-corrected chi connectivity index (χ1v) is 3.78. The van der Waals surface area contributed by atoms with Crippen LogP contribution in [0.1, 0.15) is 20.8 Å². The van der Waals surface area contributed by atoms with Crippen molar-refractivity contribution in [3.8, 4) is 0 Å². The van der Waals surface area contributed by atoms with Gasteiger partial charge in [-0.2, -0.15) is 0 Å². The molecule has 0 unspecified atom stereocenters. The summed E-state index contributed by atoms with van der Waals surface area (Å²) in [6.45, 7) is 13.4. The van der Waals surface area contributed by atoms with Gasteiger partial charge in [0.15, 0.2) is 0 Å². The Labute approximate surface area is 68.7 Å². The van der Waals surface area contributed by atoms with E-state index in [1.807, 2.05) is 27.0 Å². The van der Waals surface area contributed by atoms with Gasteiger partial charge in [-0.3, -0.25) is 0 Å². The highest BCUT2D eigenvalue weighted by atomic mass is 15.1. The molecule has 0 saturated carbocycles. The zero-order chi connectivity index (χ0) is 8.85. The van der Waals surface area contributed by atoms with Gasteiger partial charge in [-0.25, -0.2) is 0 Å². The molecule has 0 amide bonds. The summed E-state index contributed by atoms with van der Waals surface area (Å²) >= 11 is 0. The van der Waals surface area contributed by atoms with Crippen LogP contribution in [0.4, 0.5) is 0 Å². The van der Waals surface area contributed by atoms with Crippen LogP contribution in [0.25, 0.3) is 0 Å². The van der Waals surface area contributed by atoms with Gasteiger partial charge in [-0.1, -0.05) is 27.0 Å². The molecule has 11 heavy (non-hydrogen) atoms. The first kappa shape index (κ1) is 9.82.